The zero-order valence-electron chi connectivity index (χ0n) is 33.2. The molecule has 2 aromatic heterocycles. The van der Waals surface area contributed by atoms with Crippen LogP contribution in [0.4, 0.5) is 17.1 Å². The van der Waals surface area contributed by atoms with Crippen LogP contribution in [0.1, 0.15) is 25.0 Å². The SMILES string of the molecule is CC1(C)c2ccccc2-c2ccc(N(c3ccc(-c4c5oc(-c6ccccc6)nc5cc5oc6ccccc6c45)cc3)c3cccc(-c4cccc5ccccc45)c3)cc21. The molecule has 4 nitrogen and oxygen atoms in total. The van der Waals surface area contributed by atoms with E-state index in [1.54, 1.807) is 0 Å². The van der Waals surface area contributed by atoms with E-state index < -0.39 is 0 Å². The monoisotopic (exact) mass is 770 g/mol. The molecule has 0 aliphatic heterocycles. The molecule has 0 saturated carbocycles. The Hall–Kier alpha value is -7.69. The molecule has 60 heavy (non-hydrogen) atoms. The van der Waals surface area contributed by atoms with E-state index in [2.05, 4.69) is 164 Å². The second kappa shape index (κ2) is 13.2. The minimum atomic E-state index is -0.143. The van der Waals surface area contributed by atoms with Crippen LogP contribution in [0.2, 0.25) is 0 Å². The van der Waals surface area contributed by atoms with Crippen molar-refractivity contribution in [1.29, 1.82) is 0 Å². The van der Waals surface area contributed by atoms with Crippen LogP contribution in [0.25, 0.3) is 88.6 Å². The number of nitrogens with zero attached hydrogens (tertiary/aromatic N) is 2. The lowest BCUT2D eigenvalue weighted by molar-refractivity contribution is 0.621. The number of hydrogen-bond donors (Lipinski definition) is 0. The van der Waals surface area contributed by atoms with Crippen LogP contribution in [0.15, 0.2) is 203 Å². The van der Waals surface area contributed by atoms with Gasteiger partial charge in [0.25, 0.3) is 0 Å². The quantitative estimate of drug-likeness (QED) is 0.169. The zero-order chi connectivity index (χ0) is 40.0. The van der Waals surface area contributed by atoms with Crippen LogP contribution in [0.3, 0.4) is 0 Å². The summed E-state index contributed by atoms with van der Waals surface area (Å²) in [6, 6.07) is 69.1. The summed E-state index contributed by atoms with van der Waals surface area (Å²) >= 11 is 0. The van der Waals surface area contributed by atoms with Crippen molar-refractivity contribution in [2.24, 2.45) is 0 Å². The Morgan fingerprint density at radius 2 is 1.12 bits per heavy atom. The molecular weight excluding hydrogens is 733 g/mol. The van der Waals surface area contributed by atoms with E-state index in [1.807, 2.05) is 48.5 Å². The van der Waals surface area contributed by atoms with Crippen molar-refractivity contribution in [3.63, 3.8) is 0 Å². The Bertz CT molecular complexity index is 3460. The molecule has 0 fully saturated rings. The predicted molar refractivity (Wildman–Crippen MR) is 247 cm³/mol. The van der Waals surface area contributed by atoms with Gasteiger partial charge in [0.15, 0.2) is 5.58 Å². The summed E-state index contributed by atoms with van der Waals surface area (Å²) in [5.41, 5.74) is 16.8. The molecule has 0 amide bonds. The van der Waals surface area contributed by atoms with Gasteiger partial charge in [-0.1, -0.05) is 147 Å². The molecule has 1 aliphatic carbocycles. The molecule has 0 radical (unpaired) electrons. The maximum atomic E-state index is 6.69. The average molecular weight is 771 g/mol. The molecule has 0 bridgehead atoms. The Morgan fingerprint density at radius 1 is 0.450 bits per heavy atom. The second-order valence-electron chi connectivity index (χ2n) is 16.3. The molecule has 12 rings (SSSR count). The highest BCUT2D eigenvalue weighted by Crippen LogP contribution is 2.51. The lowest BCUT2D eigenvalue weighted by atomic mass is 9.82. The van der Waals surface area contributed by atoms with Crippen LogP contribution in [-0.2, 0) is 5.41 Å². The number of furan rings is 1. The fraction of sp³-hybridized carbons (Fsp3) is 0.0536. The summed E-state index contributed by atoms with van der Waals surface area (Å²) in [7, 11) is 0. The first-order chi connectivity index (χ1) is 29.5. The molecule has 1 aliphatic rings. The van der Waals surface area contributed by atoms with Gasteiger partial charge in [-0.25, -0.2) is 4.98 Å². The summed E-state index contributed by atoms with van der Waals surface area (Å²) in [4.78, 5) is 7.38. The van der Waals surface area contributed by atoms with E-state index in [1.165, 1.54) is 44.2 Å². The first-order valence-corrected chi connectivity index (χ1v) is 20.5. The molecule has 284 valence electrons. The van der Waals surface area contributed by atoms with Gasteiger partial charge in [0, 0.05) is 50.4 Å². The number of oxazole rings is 1. The van der Waals surface area contributed by atoms with Gasteiger partial charge >= 0.3 is 0 Å². The number of hydrogen-bond acceptors (Lipinski definition) is 4. The summed E-state index contributed by atoms with van der Waals surface area (Å²) in [6.45, 7) is 4.69. The first-order valence-electron chi connectivity index (χ1n) is 20.5. The van der Waals surface area contributed by atoms with Crippen LogP contribution >= 0.6 is 0 Å². The zero-order valence-corrected chi connectivity index (χ0v) is 33.2. The van der Waals surface area contributed by atoms with E-state index in [9.17, 15) is 0 Å². The standard InChI is InChI=1S/C56H38N2O2/c1-56(2)47-24-10-8-21-44(47)45-31-30-41(33-48(45)56)58(40-19-12-18-38(32-40)43-23-13-17-35-14-6-7-20-42(35)43)39-28-26-36(27-29-39)52-53-46-22-9-11-25-50(46)59-51(53)34-49-54(52)60-55(57-49)37-15-4-3-5-16-37/h3-34H,1-2H3. The summed E-state index contributed by atoms with van der Waals surface area (Å²) < 4.78 is 13.2. The van der Waals surface area contributed by atoms with Crippen molar-refractivity contribution in [2.75, 3.05) is 4.90 Å². The van der Waals surface area contributed by atoms with Crippen LogP contribution in [-0.4, -0.2) is 4.98 Å². The third-order valence-corrected chi connectivity index (χ3v) is 12.5. The van der Waals surface area contributed by atoms with Gasteiger partial charge in [-0.05, 0) is 104 Å². The maximum absolute atomic E-state index is 6.69. The summed E-state index contributed by atoms with van der Waals surface area (Å²) in [5.74, 6) is 0.583. The molecule has 0 N–H and O–H groups in total. The van der Waals surface area contributed by atoms with Gasteiger partial charge < -0.3 is 13.7 Å². The molecule has 0 spiro atoms. The third-order valence-electron chi connectivity index (χ3n) is 12.5. The predicted octanol–water partition coefficient (Wildman–Crippen LogP) is 15.7. The number of aromatic nitrogens is 1. The van der Waals surface area contributed by atoms with Crippen molar-refractivity contribution in [3.8, 4) is 44.8 Å². The lowest BCUT2D eigenvalue weighted by Crippen LogP contribution is -2.16. The molecular formula is C56H38N2O2. The Kier molecular flexibility index (Phi) is 7.54. The van der Waals surface area contributed by atoms with E-state index in [4.69, 9.17) is 13.8 Å². The molecule has 4 heteroatoms. The normalized spacial score (nSPS) is 13.0. The van der Waals surface area contributed by atoms with E-state index in [0.29, 0.717) is 5.89 Å². The van der Waals surface area contributed by atoms with Gasteiger partial charge in [-0.3, -0.25) is 0 Å². The summed E-state index contributed by atoms with van der Waals surface area (Å²) in [5, 5.41) is 4.52. The van der Waals surface area contributed by atoms with E-state index in [0.717, 1.165) is 66.8 Å². The van der Waals surface area contributed by atoms with Crippen molar-refractivity contribution >= 4 is 60.9 Å². The highest BCUT2D eigenvalue weighted by Gasteiger charge is 2.36. The fourth-order valence-corrected chi connectivity index (χ4v) is 9.60. The average Bonchev–Trinajstić information content (AvgIpc) is 3.96. The van der Waals surface area contributed by atoms with Crippen molar-refractivity contribution in [2.45, 2.75) is 19.3 Å². The molecule has 11 aromatic rings. The van der Waals surface area contributed by atoms with Gasteiger partial charge in [-0.2, -0.15) is 0 Å². The molecule has 0 saturated heterocycles. The van der Waals surface area contributed by atoms with Crippen LogP contribution in [0, 0.1) is 0 Å². The minimum Gasteiger partial charge on any atom is -0.456 e. The van der Waals surface area contributed by atoms with Gasteiger partial charge in [0.05, 0.1) is 0 Å². The molecule has 0 unspecified atom stereocenters. The smallest absolute Gasteiger partial charge is 0.227 e. The third kappa shape index (κ3) is 5.27. The maximum Gasteiger partial charge on any atom is 0.227 e. The summed E-state index contributed by atoms with van der Waals surface area (Å²) in [6.07, 6.45) is 0. The number of fused-ring (bicyclic) bond motifs is 8. The number of anilines is 3. The van der Waals surface area contributed by atoms with Gasteiger partial charge in [0.1, 0.15) is 16.7 Å². The molecule has 2 heterocycles. The highest BCUT2D eigenvalue weighted by atomic mass is 16.4. The Labute approximate surface area is 347 Å². The van der Waals surface area contributed by atoms with Crippen molar-refractivity contribution in [1.82, 2.24) is 4.98 Å². The molecule has 0 atom stereocenters. The molecule has 9 aromatic carbocycles. The Morgan fingerprint density at radius 3 is 2.00 bits per heavy atom. The first kappa shape index (κ1) is 34.4. The topological polar surface area (TPSA) is 42.4 Å². The van der Waals surface area contributed by atoms with Crippen molar-refractivity contribution in [3.05, 3.63) is 205 Å². The lowest BCUT2D eigenvalue weighted by Gasteiger charge is -2.28. The number of para-hydroxylation sites is 1. The van der Waals surface area contributed by atoms with Gasteiger partial charge in [0.2, 0.25) is 5.89 Å². The number of benzene rings is 9. The van der Waals surface area contributed by atoms with E-state index in [-0.39, 0.29) is 5.41 Å². The van der Waals surface area contributed by atoms with Gasteiger partial charge in [-0.15, -0.1) is 0 Å². The largest absolute Gasteiger partial charge is 0.456 e. The van der Waals surface area contributed by atoms with E-state index >= 15 is 0 Å². The van der Waals surface area contributed by atoms with Crippen LogP contribution < -0.4 is 4.90 Å². The number of rotatable bonds is 6. The van der Waals surface area contributed by atoms with Crippen molar-refractivity contribution < 1.29 is 8.83 Å². The second-order valence-corrected chi connectivity index (χ2v) is 16.3. The fourth-order valence-electron chi connectivity index (χ4n) is 9.60. The highest BCUT2D eigenvalue weighted by molar-refractivity contribution is 6.19. The Balaban J connectivity index is 1.05. The van der Waals surface area contributed by atoms with Crippen LogP contribution in [0.5, 0.6) is 0 Å². The minimum absolute atomic E-state index is 0.143.